The SMILES string of the molecule is O=COCC1CCC2(CC34CCCCC3O4)OC2C1. The number of rotatable bonds is 5. The number of ether oxygens (including phenoxy) is 3. The standard InChI is InChI=1S/C15H22O4/c16-10-17-8-11-4-6-15(13(7-11)19-15)9-14-5-2-1-3-12(14)18-14/h10-13H,1-9H2. The van der Waals surface area contributed by atoms with Crippen LogP contribution in [0.25, 0.3) is 0 Å². The lowest BCUT2D eigenvalue weighted by atomic mass is 9.74. The van der Waals surface area contributed by atoms with Gasteiger partial charge in [0.15, 0.2) is 0 Å². The Morgan fingerprint density at radius 2 is 1.95 bits per heavy atom. The highest BCUT2D eigenvalue weighted by atomic mass is 16.6. The number of carbonyl (C=O) groups is 1. The summed E-state index contributed by atoms with van der Waals surface area (Å²) in [5.74, 6) is 0.491. The second-order valence-corrected chi connectivity index (χ2v) is 6.84. The molecule has 4 aliphatic rings. The van der Waals surface area contributed by atoms with E-state index in [4.69, 9.17) is 14.2 Å². The number of hydrogen-bond donors (Lipinski definition) is 0. The van der Waals surface area contributed by atoms with Crippen LogP contribution < -0.4 is 0 Å². The summed E-state index contributed by atoms with van der Waals surface area (Å²) >= 11 is 0. The summed E-state index contributed by atoms with van der Waals surface area (Å²) in [4.78, 5) is 10.2. The van der Waals surface area contributed by atoms with E-state index in [0.717, 1.165) is 25.7 Å². The zero-order chi connectivity index (χ0) is 12.9. The molecule has 0 spiro atoms. The smallest absolute Gasteiger partial charge is 0.293 e. The Balaban J connectivity index is 1.34. The molecule has 106 valence electrons. The molecule has 4 fully saturated rings. The predicted molar refractivity (Wildman–Crippen MR) is 67.7 cm³/mol. The molecular formula is C15H22O4. The Hall–Kier alpha value is -0.610. The minimum atomic E-state index is 0.115. The van der Waals surface area contributed by atoms with Gasteiger partial charge in [0, 0.05) is 6.42 Å². The molecule has 0 radical (unpaired) electrons. The summed E-state index contributed by atoms with van der Waals surface area (Å²) in [5, 5.41) is 0. The van der Waals surface area contributed by atoms with E-state index < -0.39 is 0 Å². The first kappa shape index (κ1) is 12.2. The third kappa shape index (κ3) is 2.00. The second-order valence-electron chi connectivity index (χ2n) is 6.84. The van der Waals surface area contributed by atoms with Gasteiger partial charge in [0.2, 0.25) is 0 Å². The van der Waals surface area contributed by atoms with Gasteiger partial charge in [-0.2, -0.15) is 0 Å². The van der Waals surface area contributed by atoms with Gasteiger partial charge >= 0.3 is 0 Å². The maximum Gasteiger partial charge on any atom is 0.293 e. The lowest BCUT2D eigenvalue weighted by Gasteiger charge is -2.27. The molecule has 2 aliphatic heterocycles. The van der Waals surface area contributed by atoms with Crippen molar-refractivity contribution in [1.29, 1.82) is 0 Å². The highest BCUT2D eigenvalue weighted by Crippen LogP contribution is 2.60. The van der Waals surface area contributed by atoms with E-state index in [9.17, 15) is 4.79 Å². The van der Waals surface area contributed by atoms with Gasteiger partial charge in [-0.05, 0) is 38.0 Å². The molecule has 5 unspecified atom stereocenters. The molecule has 0 aromatic carbocycles. The van der Waals surface area contributed by atoms with Gasteiger partial charge in [-0.15, -0.1) is 0 Å². The zero-order valence-electron chi connectivity index (χ0n) is 11.3. The molecule has 19 heavy (non-hydrogen) atoms. The van der Waals surface area contributed by atoms with Gasteiger partial charge in [0.1, 0.15) is 0 Å². The lowest BCUT2D eigenvalue weighted by molar-refractivity contribution is -0.130. The fraction of sp³-hybridized carbons (Fsp3) is 0.933. The molecule has 5 atom stereocenters. The topological polar surface area (TPSA) is 51.4 Å². The van der Waals surface area contributed by atoms with E-state index >= 15 is 0 Å². The van der Waals surface area contributed by atoms with E-state index in [1.54, 1.807) is 0 Å². The van der Waals surface area contributed by atoms with Crippen molar-refractivity contribution in [3.63, 3.8) is 0 Å². The summed E-state index contributed by atoms with van der Waals surface area (Å²) in [6, 6.07) is 0. The minimum Gasteiger partial charge on any atom is -0.468 e. The summed E-state index contributed by atoms with van der Waals surface area (Å²) in [6.07, 6.45) is 10.4. The van der Waals surface area contributed by atoms with Crippen LogP contribution in [0.5, 0.6) is 0 Å². The van der Waals surface area contributed by atoms with Crippen molar-refractivity contribution in [2.75, 3.05) is 6.61 Å². The van der Waals surface area contributed by atoms with Crippen LogP contribution in [-0.2, 0) is 19.0 Å². The Bertz CT molecular complexity index is 384. The molecule has 4 heteroatoms. The first-order valence-electron chi connectivity index (χ1n) is 7.67. The van der Waals surface area contributed by atoms with Crippen LogP contribution in [0.2, 0.25) is 0 Å². The normalized spacial score (nSPS) is 50.8. The number of carbonyl (C=O) groups excluding carboxylic acids is 1. The van der Waals surface area contributed by atoms with Gasteiger partial charge in [-0.3, -0.25) is 4.79 Å². The van der Waals surface area contributed by atoms with Gasteiger partial charge in [-0.1, -0.05) is 12.8 Å². The van der Waals surface area contributed by atoms with Crippen LogP contribution >= 0.6 is 0 Å². The molecule has 4 nitrogen and oxygen atoms in total. The Morgan fingerprint density at radius 3 is 2.74 bits per heavy atom. The second kappa shape index (κ2) is 4.19. The Labute approximate surface area is 113 Å². The van der Waals surface area contributed by atoms with Crippen molar-refractivity contribution >= 4 is 6.47 Å². The third-order valence-electron chi connectivity index (χ3n) is 5.65. The molecule has 2 aliphatic carbocycles. The van der Waals surface area contributed by atoms with Crippen molar-refractivity contribution in [2.45, 2.75) is 74.8 Å². The fourth-order valence-corrected chi connectivity index (χ4v) is 4.47. The van der Waals surface area contributed by atoms with Crippen molar-refractivity contribution in [1.82, 2.24) is 0 Å². The van der Waals surface area contributed by atoms with E-state index in [-0.39, 0.29) is 11.2 Å². The van der Waals surface area contributed by atoms with Gasteiger partial charge in [-0.25, -0.2) is 0 Å². The Kier molecular flexibility index (Phi) is 2.68. The maximum absolute atomic E-state index is 10.2. The molecule has 0 amide bonds. The molecule has 0 bridgehead atoms. The maximum atomic E-state index is 10.2. The first-order valence-corrected chi connectivity index (χ1v) is 7.67. The highest BCUT2D eigenvalue weighted by Gasteiger charge is 2.68. The van der Waals surface area contributed by atoms with E-state index in [2.05, 4.69) is 0 Å². The summed E-state index contributed by atoms with van der Waals surface area (Å²) in [5.41, 5.74) is 0.295. The Morgan fingerprint density at radius 1 is 1.11 bits per heavy atom. The summed E-state index contributed by atoms with van der Waals surface area (Å²) in [6.45, 7) is 1.11. The molecule has 0 N–H and O–H groups in total. The average molecular weight is 266 g/mol. The van der Waals surface area contributed by atoms with Gasteiger partial charge < -0.3 is 14.2 Å². The van der Waals surface area contributed by atoms with Crippen LogP contribution in [0.4, 0.5) is 0 Å². The molecule has 0 aromatic rings. The van der Waals surface area contributed by atoms with Gasteiger partial charge in [0.05, 0.1) is 30.0 Å². The van der Waals surface area contributed by atoms with Crippen LogP contribution in [-0.4, -0.2) is 36.5 Å². The highest BCUT2D eigenvalue weighted by molar-refractivity contribution is 5.36. The summed E-state index contributed by atoms with van der Waals surface area (Å²) in [7, 11) is 0. The molecule has 2 heterocycles. The third-order valence-corrected chi connectivity index (χ3v) is 5.65. The van der Waals surface area contributed by atoms with Crippen molar-refractivity contribution in [3.05, 3.63) is 0 Å². The molecule has 2 saturated carbocycles. The number of fused-ring (bicyclic) bond motifs is 2. The predicted octanol–water partition coefficient (Wildman–Crippen LogP) is 2.20. The lowest BCUT2D eigenvalue weighted by Crippen LogP contribution is -2.33. The van der Waals surface area contributed by atoms with Crippen molar-refractivity contribution in [3.8, 4) is 0 Å². The minimum absolute atomic E-state index is 0.115. The van der Waals surface area contributed by atoms with Crippen LogP contribution in [0.15, 0.2) is 0 Å². The van der Waals surface area contributed by atoms with Crippen LogP contribution in [0, 0.1) is 5.92 Å². The van der Waals surface area contributed by atoms with Crippen molar-refractivity contribution < 1.29 is 19.0 Å². The first-order chi connectivity index (χ1) is 9.26. The van der Waals surface area contributed by atoms with E-state index in [1.165, 1.54) is 25.7 Å². The van der Waals surface area contributed by atoms with Crippen molar-refractivity contribution in [2.24, 2.45) is 5.92 Å². The number of epoxide rings is 2. The molecule has 4 rings (SSSR count). The summed E-state index contributed by atoms with van der Waals surface area (Å²) < 4.78 is 16.9. The largest absolute Gasteiger partial charge is 0.468 e. The fourth-order valence-electron chi connectivity index (χ4n) is 4.47. The van der Waals surface area contributed by atoms with E-state index in [1.807, 2.05) is 0 Å². The molecule has 2 saturated heterocycles. The number of hydrogen-bond acceptors (Lipinski definition) is 4. The quantitative estimate of drug-likeness (QED) is 0.565. The van der Waals surface area contributed by atoms with Gasteiger partial charge in [0.25, 0.3) is 6.47 Å². The van der Waals surface area contributed by atoms with Crippen LogP contribution in [0.1, 0.15) is 51.4 Å². The monoisotopic (exact) mass is 266 g/mol. The van der Waals surface area contributed by atoms with Crippen LogP contribution in [0.3, 0.4) is 0 Å². The molecular weight excluding hydrogens is 244 g/mol. The average Bonchev–Trinajstić information content (AvgIpc) is 3.29. The molecule has 0 aromatic heterocycles. The van der Waals surface area contributed by atoms with E-state index in [0.29, 0.717) is 31.2 Å². The zero-order valence-corrected chi connectivity index (χ0v) is 11.3.